The molecule has 122 valence electrons. The first kappa shape index (κ1) is 17.2. The van der Waals surface area contributed by atoms with Crippen molar-refractivity contribution in [2.24, 2.45) is 0 Å². The summed E-state index contributed by atoms with van der Waals surface area (Å²) >= 11 is 5.99. The Balaban J connectivity index is 2.08. The highest BCUT2D eigenvalue weighted by atomic mass is 35.5. The maximum absolute atomic E-state index is 12.3. The first-order chi connectivity index (χ1) is 10.9. The molecule has 0 unspecified atom stereocenters. The molecule has 0 fully saturated rings. The van der Waals surface area contributed by atoms with Gasteiger partial charge in [-0.1, -0.05) is 17.7 Å². The van der Waals surface area contributed by atoms with Crippen LogP contribution in [-0.2, 0) is 4.79 Å². The Bertz CT molecular complexity index is 715. The number of hydrogen-bond donors (Lipinski definition) is 1. The number of carbonyl (C=O) groups excluding carboxylic acids is 1. The number of aryl methyl sites for hydroxylation is 2. The summed E-state index contributed by atoms with van der Waals surface area (Å²) in [6, 6.07) is 10.9. The van der Waals surface area contributed by atoms with Crippen LogP contribution in [0.2, 0.25) is 5.02 Å². The second kappa shape index (κ2) is 7.38. The minimum atomic E-state index is -0.652. The zero-order valence-corrected chi connectivity index (χ0v) is 14.4. The second-order valence-corrected chi connectivity index (χ2v) is 5.77. The summed E-state index contributed by atoms with van der Waals surface area (Å²) in [6.07, 6.45) is -0.652. The van der Waals surface area contributed by atoms with Gasteiger partial charge >= 0.3 is 0 Å². The van der Waals surface area contributed by atoms with Gasteiger partial charge in [-0.25, -0.2) is 0 Å². The average Bonchev–Trinajstić information content (AvgIpc) is 2.51. The zero-order valence-electron chi connectivity index (χ0n) is 13.6. The zero-order chi connectivity index (χ0) is 17.0. The van der Waals surface area contributed by atoms with Crippen LogP contribution in [0.3, 0.4) is 0 Å². The lowest BCUT2D eigenvalue weighted by Crippen LogP contribution is -2.30. The molecule has 1 N–H and O–H groups in total. The molecule has 1 atom stereocenters. The van der Waals surface area contributed by atoms with Crippen LogP contribution in [-0.4, -0.2) is 19.1 Å². The molecule has 0 spiro atoms. The third kappa shape index (κ3) is 4.39. The second-order valence-electron chi connectivity index (χ2n) is 5.36. The number of hydrogen-bond acceptors (Lipinski definition) is 3. The van der Waals surface area contributed by atoms with Gasteiger partial charge in [-0.15, -0.1) is 0 Å². The van der Waals surface area contributed by atoms with Crippen molar-refractivity contribution >= 4 is 23.2 Å². The van der Waals surface area contributed by atoms with E-state index in [0.717, 1.165) is 11.1 Å². The molecule has 1 amide bonds. The summed E-state index contributed by atoms with van der Waals surface area (Å²) in [5.41, 5.74) is 2.56. The molecule has 0 aromatic heterocycles. The third-order valence-electron chi connectivity index (χ3n) is 3.42. The predicted octanol–water partition coefficient (Wildman–Crippen LogP) is 4.37. The minimum Gasteiger partial charge on any atom is -0.495 e. The maximum atomic E-state index is 12.3. The standard InChI is InChI=1S/C18H20ClNO3/c1-11-5-8-17(22-4)16(9-11)20-18(21)13(3)23-14-6-7-15(19)12(2)10-14/h5-10,13H,1-4H3,(H,20,21)/t13-/m1/s1. The number of rotatable bonds is 5. The van der Waals surface area contributed by atoms with E-state index in [1.807, 2.05) is 32.0 Å². The van der Waals surface area contributed by atoms with E-state index in [2.05, 4.69) is 5.32 Å². The summed E-state index contributed by atoms with van der Waals surface area (Å²) < 4.78 is 10.9. The Morgan fingerprint density at radius 2 is 1.91 bits per heavy atom. The van der Waals surface area contributed by atoms with E-state index in [0.29, 0.717) is 22.2 Å². The van der Waals surface area contributed by atoms with Gasteiger partial charge in [0.25, 0.3) is 5.91 Å². The van der Waals surface area contributed by atoms with E-state index in [1.165, 1.54) is 0 Å². The molecule has 4 nitrogen and oxygen atoms in total. The van der Waals surface area contributed by atoms with Crippen LogP contribution in [0.1, 0.15) is 18.1 Å². The number of carbonyl (C=O) groups is 1. The lowest BCUT2D eigenvalue weighted by molar-refractivity contribution is -0.122. The van der Waals surface area contributed by atoms with Crippen LogP contribution in [0.25, 0.3) is 0 Å². The van der Waals surface area contributed by atoms with Crippen LogP contribution in [0, 0.1) is 13.8 Å². The van der Waals surface area contributed by atoms with Crippen molar-refractivity contribution in [3.63, 3.8) is 0 Å². The molecule has 5 heteroatoms. The van der Waals surface area contributed by atoms with Crippen LogP contribution in [0.5, 0.6) is 11.5 Å². The molecule has 0 radical (unpaired) electrons. The molecule has 0 aliphatic carbocycles. The number of anilines is 1. The molecule has 0 bridgehead atoms. The lowest BCUT2D eigenvalue weighted by Gasteiger charge is -2.17. The Labute approximate surface area is 141 Å². The Hall–Kier alpha value is -2.20. The first-order valence-corrected chi connectivity index (χ1v) is 7.67. The SMILES string of the molecule is COc1ccc(C)cc1NC(=O)[C@@H](C)Oc1ccc(Cl)c(C)c1. The fraction of sp³-hybridized carbons (Fsp3) is 0.278. The smallest absolute Gasteiger partial charge is 0.265 e. The van der Waals surface area contributed by atoms with Gasteiger partial charge in [0.05, 0.1) is 12.8 Å². The summed E-state index contributed by atoms with van der Waals surface area (Å²) in [5.74, 6) is 0.964. The highest BCUT2D eigenvalue weighted by molar-refractivity contribution is 6.31. The van der Waals surface area contributed by atoms with Crippen LogP contribution in [0.15, 0.2) is 36.4 Å². The molecule has 23 heavy (non-hydrogen) atoms. The maximum Gasteiger partial charge on any atom is 0.265 e. The molecule has 2 rings (SSSR count). The molecule has 2 aromatic rings. The van der Waals surface area contributed by atoms with Crippen molar-refractivity contribution < 1.29 is 14.3 Å². The van der Waals surface area contributed by atoms with Gasteiger partial charge in [0, 0.05) is 5.02 Å². The fourth-order valence-corrected chi connectivity index (χ4v) is 2.22. The van der Waals surface area contributed by atoms with Gasteiger partial charge < -0.3 is 14.8 Å². The van der Waals surface area contributed by atoms with Crippen molar-refractivity contribution in [1.29, 1.82) is 0 Å². The Morgan fingerprint density at radius 3 is 2.57 bits per heavy atom. The fourth-order valence-electron chi connectivity index (χ4n) is 2.10. The number of amides is 1. The topological polar surface area (TPSA) is 47.6 Å². The van der Waals surface area contributed by atoms with E-state index in [9.17, 15) is 4.79 Å². The minimum absolute atomic E-state index is 0.249. The van der Waals surface area contributed by atoms with Crippen LogP contribution < -0.4 is 14.8 Å². The number of ether oxygens (including phenoxy) is 2. The molecule has 0 aliphatic heterocycles. The molecule has 0 heterocycles. The Kier molecular flexibility index (Phi) is 5.50. The van der Waals surface area contributed by atoms with Gasteiger partial charge in [-0.05, 0) is 62.2 Å². The van der Waals surface area contributed by atoms with E-state index >= 15 is 0 Å². The lowest BCUT2D eigenvalue weighted by atomic mass is 10.2. The normalized spacial score (nSPS) is 11.7. The monoisotopic (exact) mass is 333 g/mol. The van der Waals surface area contributed by atoms with E-state index in [4.69, 9.17) is 21.1 Å². The molecule has 0 saturated heterocycles. The largest absolute Gasteiger partial charge is 0.495 e. The molecular weight excluding hydrogens is 314 g/mol. The number of nitrogens with one attached hydrogen (secondary N) is 1. The summed E-state index contributed by atoms with van der Waals surface area (Å²) in [5, 5.41) is 3.50. The summed E-state index contributed by atoms with van der Waals surface area (Å²) in [7, 11) is 1.57. The van der Waals surface area contributed by atoms with Crippen molar-refractivity contribution in [2.45, 2.75) is 26.9 Å². The van der Waals surface area contributed by atoms with Gasteiger partial charge in [0.2, 0.25) is 0 Å². The first-order valence-electron chi connectivity index (χ1n) is 7.29. The number of benzene rings is 2. The van der Waals surface area contributed by atoms with Gasteiger partial charge in [-0.3, -0.25) is 4.79 Å². The van der Waals surface area contributed by atoms with Gasteiger partial charge in [0.15, 0.2) is 6.10 Å². The quantitative estimate of drug-likeness (QED) is 0.883. The van der Waals surface area contributed by atoms with E-state index < -0.39 is 6.10 Å². The summed E-state index contributed by atoms with van der Waals surface area (Å²) in [6.45, 7) is 5.53. The summed E-state index contributed by atoms with van der Waals surface area (Å²) in [4.78, 5) is 12.3. The van der Waals surface area contributed by atoms with Crippen LogP contribution in [0.4, 0.5) is 5.69 Å². The Morgan fingerprint density at radius 1 is 1.17 bits per heavy atom. The van der Waals surface area contributed by atoms with E-state index in [1.54, 1.807) is 32.2 Å². The van der Waals surface area contributed by atoms with Crippen molar-refractivity contribution in [2.75, 3.05) is 12.4 Å². The highest BCUT2D eigenvalue weighted by Gasteiger charge is 2.17. The van der Waals surface area contributed by atoms with Crippen molar-refractivity contribution in [3.8, 4) is 11.5 Å². The number of halogens is 1. The van der Waals surface area contributed by atoms with Gasteiger partial charge in [0.1, 0.15) is 11.5 Å². The van der Waals surface area contributed by atoms with Crippen molar-refractivity contribution in [3.05, 3.63) is 52.5 Å². The predicted molar refractivity (Wildman–Crippen MR) is 92.6 cm³/mol. The molecule has 2 aromatic carbocycles. The van der Waals surface area contributed by atoms with E-state index in [-0.39, 0.29) is 5.91 Å². The van der Waals surface area contributed by atoms with Crippen molar-refractivity contribution in [1.82, 2.24) is 0 Å². The number of methoxy groups -OCH3 is 1. The van der Waals surface area contributed by atoms with Crippen LogP contribution >= 0.6 is 11.6 Å². The molecule has 0 saturated carbocycles. The van der Waals surface area contributed by atoms with Gasteiger partial charge in [-0.2, -0.15) is 0 Å². The third-order valence-corrected chi connectivity index (χ3v) is 3.85. The highest BCUT2D eigenvalue weighted by Crippen LogP contribution is 2.26. The molecular formula is C18H20ClNO3. The average molecular weight is 334 g/mol. The molecule has 0 aliphatic rings.